The summed E-state index contributed by atoms with van der Waals surface area (Å²) in [6, 6.07) is 5.65. The SMILES string of the molecule is COCCCN(CCC(N)=S)C(=O)c1cccc(F)c1. The number of ether oxygens (including phenoxy) is 1. The number of benzene rings is 1. The van der Waals surface area contributed by atoms with E-state index in [-0.39, 0.29) is 5.91 Å². The summed E-state index contributed by atoms with van der Waals surface area (Å²) in [7, 11) is 1.60. The van der Waals surface area contributed by atoms with Gasteiger partial charge < -0.3 is 15.4 Å². The van der Waals surface area contributed by atoms with Crippen molar-refractivity contribution < 1.29 is 13.9 Å². The second kappa shape index (κ2) is 8.60. The largest absolute Gasteiger partial charge is 0.393 e. The highest BCUT2D eigenvalue weighted by molar-refractivity contribution is 7.80. The maximum Gasteiger partial charge on any atom is 0.253 e. The van der Waals surface area contributed by atoms with Crippen LogP contribution < -0.4 is 5.73 Å². The van der Waals surface area contributed by atoms with Crippen LogP contribution in [0.5, 0.6) is 0 Å². The Hall–Kier alpha value is -1.53. The molecule has 2 N–H and O–H groups in total. The zero-order valence-electron chi connectivity index (χ0n) is 11.5. The first-order chi connectivity index (χ1) is 9.54. The lowest BCUT2D eigenvalue weighted by molar-refractivity contribution is 0.0741. The molecule has 0 bridgehead atoms. The van der Waals surface area contributed by atoms with Crippen molar-refractivity contribution in [3.63, 3.8) is 0 Å². The summed E-state index contributed by atoms with van der Waals surface area (Å²) in [5.74, 6) is -0.654. The molecule has 0 heterocycles. The zero-order valence-corrected chi connectivity index (χ0v) is 12.3. The first kappa shape index (κ1) is 16.5. The van der Waals surface area contributed by atoms with Crippen LogP contribution in [0.25, 0.3) is 0 Å². The fourth-order valence-corrected chi connectivity index (χ4v) is 1.86. The van der Waals surface area contributed by atoms with E-state index in [4.69, 9.17) is 22.7 Å². The number of carbonyl (C=O) groups excluding carboxylic acids is 1. The van der Waals surface area contributed by atoms with Gasteiger partial charge in [0.15, 0.2) is 0 Å². The van der Waals surface area contributed by atoms with Crippen LogP contribution in [-0.2, 0) is 4.74 Å². The first-order valence-electron chi connectivity index (χ1n) is 6.36. The van der Waals surface area contributed by atoms with Gasteiger partial charge in [0.1, 0.15) is 5.82 Å². The first-order valence-corrected chi connectivity index (χ1v) is 6.77. The summed E-state index contributed by atoms with van der Waals surface area (Å²) in [5.41, 5.74) is 5.79. The van der Waals surface area contributed by atoms with Gasteiger partial charge in [-0.3, -0.25) is 4.79 Å². The molecule has 1 aromatic carbocycles. The summed E-state index contributed by atoms with van der Waals surface area (Å²) in [6.07, 6.45) is 1.15. The molecule has 1 amide bonds. The monoisotopic (exact) mass is 298 g/mol. The molecule has 0 aliphatic heterocycles. The second-order valence-electron chi connectivity index (χ2n) is 4.37. The van der Waals surface area contributed by atoms with Gasteiger partial charge in [-0.1, -0.05) is 18.3 Å². The predicted molar refractivity (Wildman–Crippen MR) is 80.2 cm³/mol. The van der Waals surface area contributed by atoms with Gasteiger partial charge >= 0.3 is 0 Å². The van der Waals surface area contributed by atoms with E-state index in [1.54, 1.807) is 18.1 Å². The normalized spacial score (nSPS) is 10.3. The van der Waals surface area contributed by atoms with Gasteiger partial charge in [0, 0.05) is 38.8 Å². The Kier molecular flexibility index (Phi) is 7.11. The third-order valence-electron chi connectivity index (χ3n) is 2.76. The number of nitrogens with two attached hydrogens (primary N) is 1. The third kappa shape index (κ3) is 5.63. The van der Waals surface area contributed by atoms with Crippen LogP contribution in [0.2, 0.25) is 0 Å². The van der Waals surface area contributed by atoms with Crippen LogP contribution in [-0.4, -0.2) is 42.6 Å². The summed E-state index contributed by atoms with van der Waals surface area (Å²) < 4.78 is 18.2. The molecule has 0 aliphatic carbocycles. The molecular formula is C14H19FN2O2S. The summed E-state index contributed by atoms with van der Waals surface area (Å²) in [6.45, 7) is 1.50. The summed E-state index contributed by atoms with van der Waals surface area (Å²) in [4.78, 5) is 14.3. The van der Waals surface area contributed by atoms with Crippen molar-refractivity contribution in [2.24, 2.45) is 5.73 Å². The van der Waals surface area contributed by atoms with Crippen molar-refractivity contribution in [2.45, 2.75) is 12.8 Å². The van der Waals surface area contributed by atoms with Gasteiger partial charge in [-0.05, 0) is 24.6 Å². The van der Waals surface area contributed by atoms with E-state index >= 15 is 0 Å². The molecule has 0 saturated heterocycles. The second-order valence-corrected chi connectivity index (χ2v) is 4.89. The van der Waals surface area contributed by atoms with Crippen molar-refractivity contribution in [1.29, 1.82) is 0 Å². The Labute approximate surface area is 123 Å². The van der Waals surface area contributed by atoms with E-state index in [2.05, 4.69) is 0 Å². The highest BCUT2D eigenvalue weighted by Crippen LogP contribution is 2.09. The topological polar surface area (TPSA) is 55.6 Å². The number of amides is 1. The highest BCUT2D eigenvalue weighted by Gasteiger charge is 2.16. The van der Waals surface area contributed by atoms with Gasteiger partial charge in [0.25, 0.3) is 5.91 Å². The molecule has 0 atom stereocenters. The number of carbonyl (C=O) groups is 1. The van der Waals surface area contributed by atoms with E-state index < -0.39 is 5.82 Å². The molecule has 0 aliphatic rings. The third-order valence-corrected chi connectivity index (χ3v) is 2.97. The van der Waals surface area contributed by atoms with E-state index in [9.17, 15) is 9.18 Å². The average Bonchev–Trinajstić information content (AvgIpc) is 2.41. The van der Waals surface area contributed by atoms with Crippen molar-refractivity contribution >= 4 is 23.1 Å². The lowest BCUT2D eigenvalue weighted by Gasteiger charge is -2.22. The number of rotatable bonds is 8. The van der Waals surface area contributed by atoms with Crippen LogP contribution in [0.3, 0.4) is 0 Å². The fourth-order valence-electron chi connectivity index (χ4n) is 1.76. The summed E-state index contributed by atoms with van der Waals surface area (Å²) in [5, 5.41) is 0. The minimum atomic E-state index is -0.429. The van der Waals surface area contributed by atoms with Gasteiger partial charge in [0.05, 0.1) is 4.99 Å². The molecular weight excluding hydrogens is 279 g/mol. The maximum atomic E-state index is 13.2. The number of nitrogens with zero attached hydrogens (tertiary/aromatic N) is 1. The predicted octanol–water partition coefficient (Wildman–Crippen LogP) is 1.98. The van der Waals surface area contributed by atoms with E-state index in [0.717, 1.165) is 0 Å². The minimum Gasteiger partial charge on any atom is -0.393 e. The zero-order chi connectivity index (χ0) is 15.0. The van der Waals surface area contributed by atoms with Crippen molar-refractivity contribution in [3.05, 3.63) is 35.6 Å². The van der Waals surface area contributed by atoms with Gasteiger partial charge in [-0.2, -0.15) is 0 Å². The molecule has 0 aromatic heterocycles. The quantitative estimate of drug-likeness (QED) is 0.589. The average molecular weight is 298 g/mol. The van der Waals surface area contributed by atoms with Crippen molar-refractivity contribution in [2.75, 3.05) is 26.8 Å². The number of thiocarbonyl (C=S) groups is 1. The van der Waals surface area contributed by atoms with Crippen molar-refractivity contribution in [1.82, 2.24) is 4.90 Å². The lowest BCUT2D eigenvalue weighted by atomic mass is 10.2. The van der Waals surface area contributed by atoms with Crippen molar-refractivity contribution in [3.8, 4) is 0 Å². The standard InChI is InChI=1S/C14H19FN2O2S/c1-19-9-3-7-17(8-6-13(16)20)14(18)11-4-2-5-12(15)10-11/h2,4-5,10H,3,6-9H2,1H3,(H2,16,20). The Morgan fingerprint density at radius 2 is 2.20 bits per heavy atom. The highest BCUT2D eigenvalue weighted by atomic mass is 32.1. The number of hydrogen-bond donors (Lipinski definition) is 1. The van der Waals surface area contributed by atoms with Crippen LogP contribution in [0.4, 0.5) is 4.39 Å². The molecule has 0 fully saturated rings. The smallest absolute Gasteiger partial charge is 0.253 e. The Balaban J connectivity index is 2.74. The maximum absolute atomic E-state index is 13.2. The Bertz CT molecular complexity index is 468. The molecule has 6 heteroatoms. The van der Waals surface area contributed by atoms with Crippen LogP contribution in [0.1, 0.15) is 23.2 Å². The molecule has 0 unspecified atom stereocenters. The van der Waals surface area contributed by atoms with E-state index in [1.807, 2.05) is 0 Å². The molecule has 0 spiro atoms. The van der Waals surface area contributed by atoms with E-state index in [0.29, 0.717) is 43.1 Å². The van der Waals surface area contributed by atoms with E-state index in [1.165, 1.54) is 18.2 Å². The molecule has 1 aromatic rings. The molecule has 0 saturated carbocycles. The summed E-state index contributed by atoms with van der Waals surface area (Å²) >= 11 is 4.83. The van der Waals surface area contributed by atoms with Gasteiger partial charge in [-0.15, -0.1) is 0 Å². The molecule has 0 radical (unpaired) electrons. The molecule has 1 rings (SSSR count). The Morgan fingerprint density at radius 3 is 2.80 bits per heavy atom. The lowest BCUT2D eigenvalue weighted by Crippen LogP contribution is -2.35. The van der Waals surface area contributed by atoms with Gasteiger partial charge in [-0.25, -0.2) is 4.39 Å². The fraction of sp³-hybridized carbons (Fsp3) is 0.429. The molecule has 20 heavy (non-hydrogen) atoms. The van der Waals surface area contributed by atoms with Crippen LogP contribution in [0, 0.1) is 5.82 Å². The number of hydrogen-bond acceptors (Lipinski definition) is 3. The van der Waals surface area contributed by atoms with Gasteiger partial charge in [0.2, 0.25) is 0 Å². The van der Waals surface area contributed by atoms with Crippen LogP contribution in [0.15, 0.2) is 24.3 Å². The van der Waals surface area contributed by atoms with Crippen LogP contribution >= 0.6 is 12.2 Å². The molecule has 110 valence electrons. The minimum absolute atomic E-state index is 0.225. The number of methoxy groups -OCH3 is 1. The Morgan fingerprint density at radius 1 is 1.45 bits per heavy atom. The molecule has 4 nitrogen and oxygen atoms in total. The number of halogens is 1.